The number of nitrogens with zero attached hydrogens (tertiary/aromatic N) is 3. The summed E-state index contributed by atoms with van der Waals surface area (Å²) in [5.74, 6) is 0.974. The van der Waals surface area contributed by atoms with E-state index in [-0.39, 0.29) is 41.4 Å². The van der Waals surface area contributed by atoms with Crippen LogP contribution < -0.4 is 25.2 Å². The number of benzene rings is 1. The molecule has 1 N–H and O–H groups in total. The van der Waals surface area contributed by atoms with Gasteiger partial charge in [0.15, 0.2) is 11.5 Å². The number of ether oxygens (including phenoxy) is 5. The summed E-state index contributed by atoms with van der Waals surface area (Å²) in [5.41, 5.74) is 0.724. The second-order valence-electron chi connectivity index (χ2n) is 10.9. The number of hydrogen-bond acceptors (Lipinski definition) is 9. The molecule has 2 aromatic rings. The molecule has 1 saturated carbocycles. The van der Waals surface area contributed by atoms with Gasteiger partial charge in [-0.15, -0.1) is 0 Å². The molecule has 2 saturated heterocycles. The van der Waals surface area contributed by atoms with Crippen LogP contribution in [0.15, 0.2) is 23.1 Å². The van der Waals surface area contributed by atoms with Crippen molar-refractivity contribution in [2.45, 2.75) is 56.7 Å². The Balaban J connectivity index is 1.14. The Labute approximate surface area is 237 Å². The molecule has 0 unspecified atom stereocenters. The fourth-order valence-corrected chi connectivity index (χ4v) is 6.30. The highest BCUT2D eigenvalue weighted by molar-refractivity contribution is 6.32. The van der Waals surface area contributed by atoms with Gasteiger partial charge in [0.05, 0.1) is 56.1 Å². The lowest BCUT2D eigenvalue weighted by molar-refractivity contribution is -0.0847. The molecule has 218 valence electrons. The van der Waals surface area contributed by atoms with E-state index in [0.717, 1.165) is 32.3 Å². The predicted octanol–water partition coefficient (Wildman–Crippen LogP) is 4.01. The quantitative estimate of drug-likeness (QED) is 0.498. The summed E-state index contributed by atoms with van der Waals surface area (Å²) in [6.45, 7) is 4.33. The molecule has 1 aromatic heterocycles. The zero-order valence-corrected chi connectivity index (χ0v) is 23.2. The second-order valence-corrected chi connectivity index (χ2v) is 11.3. The van der Waals surface area contributed by atoms with Crippen molar-refractivity contribution >= 4 is 23.0 Å². The smallest absolute Gasteiger partial charge is 0.287 e. The van der Waals surface area contributed by atoms with Gasteiger partial charge in [0.2, 0.25) is 6.79 Å². The van der Waals surface area contributed by atoms with E-state index in [9.17, 15) is 4.79 Å². The average molecular weight is 579 g/mol. The summed E-state index contributed by atoms with van der Waals surface area (Å²) in [5, 5.41) is 7.93. The topological polar surface area (TPSA) is 96.3 Å². The van der Waals surface area contributed by atoms with Crippen molar-refractivity contribution in [1.29, 1.82) is 0 Å². The van der Waals surface area contributed by atoms with Gasteiger partial charge >= 0.3 is 0 Å². The number of halogens is 2. The fraction of sp³-hybridized carbons (Fsp3) is 0.643. The van der Waals surface area contributed by atoms with Crippen LogP contribution in [0.4, 0.5) is 15.8 Å². The fourth-order valence-electron chi connectivity index (χ4n) is 6.10. The van der Waals surface area contributed by atoms with E-state index in [2.05, 4.69) is 15.3 Å². The van der Waals surface area contributed by atoms with Crippen LogP contribution in [-0.4, -0.2) is 74.8 Å². The Kier molecular flexibility index (Phi) is 8.62. The maximum Gasteiger partial charge on any atom is 0.287 e. The molecule has 0 amide bonds. The Morgan fingerprint density at radius 3 is 2.60 bits per heavy atom. The summed E-state index contributed by atoms with van der Waals surface area (Å²) >= 11 is 6.50. The van der Waals surface area contributed by atoms with E-state index >= 15 is 4.39 Å². The number of aromatic nitrogens is 2. The van der Waals surface area contributed by atoms with Crippen LogP contribution >= 0.6 is 11.6 Å². The Bertz CT molecular complexity index is 1230. The molecule has 12 heteroatoms. The van der Waals surface area contributed by atoms with Crippen LogP contribution in [0.3, 0.4) is 0 Å². The molecule has 0 bridgehead atoms. The summed E-state index contributed by atoms with van der Waals surface area (Å²) in [7, 11) is 0. The van der Waals surface area contributed by atoms with E-state index in [0.29, 0.717) is 81.2 Å². The SMILES string of the molecule is O=c1c(Cl)c(NC[C@@H]2CCCOC2)cnn1[C@H]1CC[C@H](N(C[C@@H]2COCCO2)c2cc3c(cc2F)OCO3)CC1. The van der Waals surface area contributed by atoms with E-state index in [1.165, 1.54) is 10.7 Å². The maximum absolute atomic E-state index is 15.3. The summed E-state index contributed by atoms with van der Waals surface area (Å²) in [6, 6.07) is 3.06. The molecule has 10 nitrogen and oxygen atoms in total. The number of rotatable bonds is 8. The van der Waals surface area contributed by atoms with Crippen molar-refractivity contribution in [2.75, 3.05) is 63.1 Å². The predicted molar refractivity (Wildman–Crippen MR) is 147 cm³/mol. The molecular weight excluding hydrogens is 543 g/mol. The van der Waals surface area contributed by atoms with E-state index in [1.54, 1.807) is 12.3 Å². The molecule has 1 aromatic carbocycles. The molecule has 3 fully saturated rings. The molecule has 40 heavy (non-hydrogen) atoms. The first-order valence-corrected chi connectivity index (χ1v) is 14.6. The lowest BCUT2D eigenvalue weighted by atomic mass is 9.89. The summed E-state index contributed by atoms with van der Waals surface area (Å²) in [4.78, 5) is 15.2. The third-order valence-corrected chi connectivity index (χ3v) is 8.63. The third-order valence-electron chi connectivity index (χ3n) is 8.27. The minimum atomic E-state index is -0.365. The summed E-state index contributed by atoms with van der Waals surface area (Å²) < 4.78 is 44.8. The number of anilines is 2. The van der Waals surface area contributed by atoms with Crippen molar-refractivity contribution in [3.05, 3.63) is 39.5 Å². The van der Waals surface area contributed by atoms with Crippen LogP contribution in [0.2, 0.25) is 5.02 Å². The Morgan fingerprint density at radius 1 is 1.05 bits per heavy atom. The zero-order valence-electron chi connectivity index (χ0n) is 22.5. The lowest BCUT2D eigenvalue weighted by Crippen LogP contribution is -2.47. The highest BCUT2D eigenvalue weighted by atomic mass is 35.5. The molecular formula is C28H36ClFN4O6. The lowest BCUT2D eigenvalue weighted by Gasteiger charge is -2.40. The molecule has 3 aliphatic heterocycles. The first-order chi connectivity index (χ1) is 19.6. The van der Waals surface area contributed by atoms with Gasteiger partial charge in [0.1, 0.15) is 10.8 Å². The normalized spacial score (nSPS) is 26.4. The first kappa shape index (κ1) is 27.6. The highest BCUT2D eigenvalue weighted by Crippen LogP contribution is 2.40. The molecule has 2 atom stereocenters. The van der Waals surface area contributed by atoms with Gasteiger partial charge in [-0.25, -0.2) is 9.07 Å². The number of nitrogens with one attached hydrogen (secondary N) is 1. The van der Waals surface area contributed by atoms with Gasteiger partial charge < -0.3 is 33.9 Å². The third kappa shape index (κ3) is 6.02. The van der Waals surface area contributed by atoms with Gasteiger partial charge in [-0.05, 0) is 44.4 Å². The number of hydrogen-bond donors (Lipinski definition) is 1. The Hall–Kier alpha value is -2.60. The minimum absolute atomic E-state index is 0.0430. The van der Waals surface area contributed by atoms with Crippen LogP contribution in [-0.2, 0) is 14.2 Å². The molecule has 0 radical (unpaired) electrons. The van der Waals surface area contributed by atoms with Gasteiger partial charge in [0, 0.05) is 37.9 Å². The van der Waals surface area contributed by atoms with Crippen LogP contribution in [0.1, 0.15) is 44.6 Å². The Morgan fingerprint density at radius 2 is 1.85 bits per heavy atom. The van der Waals surface area contributed by atoms with Crippen LogP contribution in [0.25, 0.3) is 0 Å². The van der Waals surface area contributed by atoms with Crippen LogP contribution in [0, 0.1) is 11.7 Å². The monoisotopic (exact) mass is 578 g/mol. The second kappa shape index (κ2) is 12.5. The van der Waals surface area contributed by atoms with E-state index < -0.39 is 0 Å². The molecule has 0 spiro atoms. The largest absolute Gasteiger partial charge is 0.454 e. The minimum Gasteiger partial charge on any atom is -0.454 e. The van der Waals surface area contributed by atoms with Gasteiger partial charge in [0.25, 0.3) is 5.56 Å². The average Bonchev–Trinajstić information content (AvgIpc) is 3.45. The molecule has 4 aliphatic rings. The highest BCUT2D eigenvalue weighted by Gasteiger charge is 2.33. The van der Waals surface area contributed by atoms with Crippen molar-refractivity contribution < 1.29 is 28.1 Å². The first-order valence-electron chi connectivity index (χ1n) is 14.2. The summed E-state index contributed by atoms with van der Waals surface area (Å²) in [6.07, 6.45) is 6.54. The van der Waals surface area contributed by atoms with Crippen molar-refractivity contribution in [3.63, 3.8) is 0 Å². The van der Waals surface area contributed by atoms with Crippen molar-refractivity contribution in [2.24, 2.45) is 5.92 Å². The zero-order chi connectivity index (χ0) is 27.5. The van der Waals surface area contributed by atoms with Crippen molar-refractivity contribution in [1.82, 2.24) is 9.78 Å². The van der Waals surface area contributed by atoms with Gasteiger partial charge in [-0.2, -0.15) is 5.10 Å². The number of fused-ring (bicyclic) bond motifs is 1. The van der Waals surface area contributed by atoms with E-state index in [4.69, 9.17) is 35.3 Å². The standard InChI is InChI=1S/C28H36ClFN4O6/c29-27-23(31-12-18-2-1-7-36-15-18)13-32-34(28(27)35)20-5-3-19(4-6-20)33(14-21-16-37-8-9-38-21)24-11-26-25(10-22(24)30)39-17-40-26/h10-11,13,18-21,31H,1-9,12,14-17H2/t18-,19-,20-,21+/m0/s1. The molecule has 4 heterocycles. The van der Waals surface area contributed by atoms with E-state index in [1.807, 2.05) is 0 Å². The maximum atomic E-state index is 15.3. The molecule has 6 rings (SSSR count). The van der Waals surface area contributed by atoms with Crippen molar-refractivity contribution in [3.8, 4) is 11.5 Å². The molecule has 1 aliphatic carbocycles. The van der Waals surface area contributed by atoms with Crippen LogP contribution in [0.5, 0.6) is 11.5 Å². The van der Waals surface area contributed by atoms with Gasteiger partial charge in [-0.3, -0.25) is 4.79 Å². The van der Waals surface area contributed by atoms with Gasteiger partial charge in [-0.1, -0.05) is 11.6 Å².